The predicted molar refractivity (Wildman–Crippen MR) is 155 cm³/mol. The molecule has 3 rings (SSSR count). The third-order valence-corrected chi connectivity index (χ3v) is 6.25. The van der Waals surface area contributed by atoms with Crippen molar-refractivity contribution in [3.63, 3.8) is 0 Å². The van der Waals surface area contributed by atoms with Crippen LogP contribution in [0.2, 0.25) is 0 Å². The van der Waals surface area contributed by atoms with E-state index in [1.165, 1.54) is 30.5 Å². The minimum absolute atomic E-state index is 0.357. The van der Waals surface area contributed by atoms with Gasteiger partial charge in [0.1, 0.15) is 5.82 Å². The summed E-state index contributed by atoms with van der Waals surface area (Å²) in [5.41, 5.74) is 4.17. The molecule has 3 aromatic rings. The fraction of sp³-hybridized carbons (Fsp3) is 0.333. The smallest absolute Gasteiger partial charge is 0.338 e. The minimum atomic E-state index is -1.35. The van der Waals surface area contributed by atoms with Gasteiger partial charge in [0.25, 0.3) is 0 Å². The highest BCUT2D eigenvalue weighted by molar-refractivity contribution is 5.89. The fourth-order valence-corrected chi connectivity index (χ4v) is 3.84. The molecule has 0 saturated carbocycles. The summed E-state index contributed by atoms with van der Waals surface area (Å²) < 4.78 is 13.9. The van der Waals surface area contributed by atoms with Crippen molar-refractivity contribution in [3.05, 3.63) is 100 Å². The number of rotatable bonds is 11. The number of hydrogen-bond acceptors (Lipinski definition) is 3. The Morgan fingerprint density at radius 3 is 1.97 bits per heavy atom. The van der Waals surface area contributed by atoms with Gasteiger partial charge in [-0.1, -0.05) is 70.2 Å². The van der Waals surface area contributed by atoms with Crippen LogP contribution in [0.3, 0.4) is 0 Å². The number of halogens is 1. The molecule has 0 fully saturated rings. The fourth-order valence-electron chi connectivity index (χ4n) is 3.84. The second-order valence-corrected chi connectivity index (χ2v) is 9.17. The molecule has 0 amide bonds. The molecular weight excluding hydrogens is 493 g/mol. The van der Waals surface area contributed by atoms with E-state index in [9.17, 15) is 24.2 Å². The number of aromatic carboxylic acids is 1. The molecule has 0 aliphatic heterocycles. The number of nitrogens with zero attached hydrogens (tertiary/aromatic N) is 1. The van der Waals surface area contributed by atoms with Gasteiger partial charge in [-0.25, -0.2) is 9.18 Å². The van der Waals surface area contributed by atoms with E-state index >= 15 is 0 Å². The van der Waals surface area contributed by atoms with Gasteiger partial charge in [0.05, 0.1) is 11.5 Å². The molecule has 0 aromatic heterocycles. The van der Waals surface area contributed by atoms with Gasteiger partial charge in [0.2, 0.25) is 0 Å². The average molecular weight is 532 g/mol. The van der Waals surface area contributed by atoms with Crippen molar-refractivity contribution in [1.29, 1.82) is 0 Å². The quantitative estimate of drug-likeness (QED) is 0.252. The second-order valence-electron chi connectivity index (χ2n) is 9.17. The van der Waals surface area contributed by atoms with Gasteiger partial charge in [-0.15, -0.1) is 0 Å². The Hall–Kier alpha value is -4.11. The van der Waals surface area contributed by atoms with Crippen LogP contribution in [0, 0.1) is 23.6 Å². The normalized spacial score (nSPS) is 10.9. The first-order chi connectivity index (χ1) is 18.8. The van der Waals surface area contributed by atoms with Crippen LogP contribution >= 0.6 is 0 Å². The highest BCUT2D eigenvalue weighted by Gasteiger charge is 2.17. The third-order valence-electron chi connectivity index (χ3n) is 6.25. The van der Waals surface area contributed by atoms with Gasteiger partial charge in [-0.2, -0.15) is 0 Å². The lowest BCUT2D eigenvalue weighted by Crippen LogP contribution is -2.27. The van der Waals surface area contributed by atoms with Crippen LogP contribution in [-0.4, -0.2) is 28.7 Å². The van der Waals surface area contributed by atoms with Crippen LogP contribution in [0.25, 0.3) is 0 Å². The summed E-state index contributed by atoms with van der Waals surface area (Å²) in [6.45, 7) is 8.58. The first kappa shape index (κ1) is 31.1. The number of anilines is 1. The summed E-state index contributed by atoms with van der Waals surface area (Å²) in [5.74, 6) is 2.74. The molecule has 1 unspecified atom stereocenters. The zero-order valence-electron chi connectivity index (χ0n) is 23.2. The molecule has 0 aliphatic rings. The monoisotopic (exact) mass is 531 g/mol. The molecule has 0 radical (unpaired) electrons. The zero-order valence-corrected chi connectivity index (χ0v) is 23.2. The summed E-state index contributed by atoms with van der Waals surface area (Å²) in [4.78, 5) is 24.6. The van der Waals surface area contributed by atoms with Crippen molar-refractivity contribution in [2.45, 2.75) is 59.9 Å². The average Bonchev–Trinajstić information content (AvgIpc) is 2.95. The largest absolute Gasteiger partial charge is 0.481 e. The van der Waals surface area contributed by atoms with Gasteiger partial charge in [-0.05, 0) is 72.9 Å². The first-order valence-electron chi connectivity index (χ1n) is 13.5. The Kier molecular flexibility index (Phi) is 12.8. The van der Waals surface area contributed by atoms with E-state index in [4.69, 9.17) is 0 Å². The van der Waals surface area contributed by atoms with Gasteiger partial charge < -0.3 is 15.1 Å². The molecule has 1 atom stereocenters. The molecule has 0 heterocycles. The number of carbonyl (C=O) groups is 2. The molecule has 39 heavy (non-hydrogen) atoms. The third kappa shape index (κ3) is 9.94. The van der Waals surface area contributed by atoms with Crippen LogP contribution in [0.5, 0.6) is 0 Å². The first-order valence-corrected chi connectivity index (χ1v) is 13.5. The second kappa shape index (κ2) is 16.0. The SMILES string of the molecule is CC.CCCCc1ccc(C#Cc2ccc(CN(CCC(C)C(=O)O)c3ccc(F)c(C(=O)O)c3)cc2)cc1. The van der Waals surface area contributed by atoms with Crippen LogP contribution in [0.1, 0.15) is 79.6 Å². The van der Waals surface area contributed by atoms with Gasteiger partial charge >= 0.3 is 11.9 Å². The molecule has 5 nitrogen and oxygen atoms in total. The number of carboxylic acids is 2. The molecule has 0 spiro atoms. The Bertz CT molecular complexity index is 1270. The lowest BCUT2D eigenvalue weighted by atomic mass is 10.1. The van der Waals surface area contributed by atoms with E-state index < -0.39 is 29.2 Å². The topological polar surface area (TPSA) is 77.8 Å². The van der Waals surface area contributed by atoms with E-state index in [0.29, 0.717) is 25.2 Å². The summed E-state index contributed by atoms with van der Waals surface area (Å²) in [6, 6.07) is 20.0. The van der Waals surface area contributed by atoms with E-state index in [-0.39, 0.29) is 0 Å². The predicted octanol–water partition coefficient (Wildman–Crippen LogP) is 7.41. The van der Waals surface area contributed by atoms with E-state index in [1.807, 2.05) is 55.1 Å². The molecule has 2 N–H and O–H groups in total. The summed E-state index contributed by atoms with van der Waals surface area (Å²) in [7, 11) is 0. The Morgan fingerprint density at radius 2 is 1.46 bits per heavy atom. The van der Waals surface area contributed by atoms with Crippen molar-refractivity contribution >= 4 is 17.6 Å². The van der Waals surface area contributed by atoms with Crippen molar-refractivity contribution < 1.29 is 24.2 Å². The van der Waals surface area contributed by atoms with Crippen LogP contribution < -0.4 is 4.90 Å². The van der Waals surface area contributed by atoms with Gasteiger partial charge in [0, 0.05) is 29.9 Å². The number of unbranched alkanes of at least 4 members (excludes halogenated alkanes) is 1. The zero-order chi connectivity index (χ0) is 28.8. The maximum atomic E-state index is 13.9. The Balaban J connectivity index is 0.00000260. The molecule has 6 heteroatoms. The lowest BCUT2D eigenvalue weighted by Gasteiger charge is -2.26. The van der Waals surface area contributed by atoms with E-state index in [2.05, 4.69) is 30.9 Å². The molecule has 0 aliphatic carbocycles. The van der Waals surface area contributed by atoms with E-state index in [1.54, 1.807) is 6.92 Å². The highest BCUT2D eigenvalue weighted by atomic mass is 19.1. The number of hydrogen-bond donors (Lipinski definition) is 2. The van der Waals surface area contributed by atoms with Crippen molar-refractivity contribution in [2.75, 3.05) is 11.4 Å². The summed E-state index contributed by atoms with van der Waals surface area (Å²) in [5, 5.41) is 18.6. The van der Waals surface area contributed by atoms with E-state index in [0.717, 1.165) is 29.2 Å². The lowest BCUT2D eigenvalue weighted by molar-refractivity contribution is -0.141. The van der Waals surface area contributed by atoms with Crippen molar-refractivity contribution in [2.24, 2.45) is 5.92 Å². The van der Waals surface area contributed by atoms with Crippen LogP contribution in [-0.2, 0) is 17.8 Å². The van der Waals surface area contributed by atoms with Crippen molar-refractivity contribution in [3.8, 4) is 11.8 Å². The summed E-state index contributed by atoms with van der Waals surface area (Å²) in [6.07, 6.45) is 3.78. The Morgan fingerprint density at radius 1 is 0.897 bits per heavy atom. The number of carboxylic acid groups (broad SMARTS) is 2. The highest BCUT2D eigenvalue weighted by Crippen LogP contribution is 2.23. The molecule has 0 bridgehead atoms. The number of benzene rings is 3. The van der Waals surface area contributed by atoms with Gasteiger partial charge in [0.15, 0.2) is 0 Å². The Labute approximate surface area is 231 Å². The standard InChI is InChI=1S/C31H32FNO4.C2H6/c1-3-4-5-23-6-8-24(9-7-23)10-11-25-12-14-26(15-13-25)21-33(19-18-22(2)30(34)35)27-16-17-29(32)28(20-27)31(36)37;1-2/h6-9,12-17,20,22H,3-5,18-19,21H2,1-2H3,(H,34,35)(H,36,37);1-2H3. The van der Waals surface area contributed by atoms with Gasteiger partial charge in [-0.3, -0.25) is 4.79 Å². The number of aliphatic carboxylic acids is 1. The molecular formula is C33H38FNO4. The van der Waals surface area contributed by atoms with Crippen LogP contribution in [0.15, 0.2) is 66.7 Å². The molecule has 206 valence electrons. The maximum Gasteiger partial charge on any atom is 0.338 e. The van der Waals surface area contributed by atoms with Crippen molar-refractivity contribution in [1.82, 2.24) is 0 Å². The maximum absolute atomic E-state index is 13.9. The molecule has 3 aromatic carbocycles. The summed E-state index contributed by atoms with van der Waals surface area (Å²) >= 11 is 0. The molecule has 0 saturated heterocycles. The van der Waals surface area contributed by atoms with Crippen LogP contribution in [0.4, 0.5) is 10.1 Å². The number of aryl methyl sites for hydroxylation is 1. The minimum Gasteiger partial charge on any atom is -0.481 e.